The van der Waals surface area contributed by atoms with Crippen LogP contribution in [0.25, 0.3) is 21.5 Å². The highest BCUT2D eigenvalue weighted by molar-refractivity contribution is 7.18. The van der Waals surface area contributed by atoms with E-state index in [1.165, 1.54) is 12.1 Å². The zero-order valence-corrected chi connectivity index (χ0v) is 18.6. The van der Waals surface area contributed by atoms with Crippen LogP contribution in [0.5, 0.6) is 0 Å². The Morgan fingerprint density at radius 2 is 1.63 bits per heavy atom. The molecule has 0 fully saturated rings. The molecule has 0 radical (unpaired) electrons. The molecule has 172 valence electrons. The van der Waals surface area contributed by atoms with Crippen molar-refractivity contribution >= 4 is 50.6 Å². The summed E-state index contributed by atoms with van der Waals surface area (Å²) in [5.41, 5.74) is 2.11. The van der Waals surface area contributed by atoms with E-state index >= 15 is 0 Å². The fourth-order valence-corrected chi connectivity index (χ4v) is 4.02. The van der Waals surface area contributed by atoms with E-state index in [0.29, 0.717) is 27.4 Å². The number of hydrogen-bond acceptors (Lipinski definition) is 8. The number of carbonyl (C=O) groups is 2. The third-order valence-corrected chi connectivity index (χ3v) is 5.91. The lowest BCUT2D eigenvalue weighted by Crippen LogP contribution is -2.13. The van der Waals surface area contributed by atoms with Gasteiger partial charge in [-0.2, -0.15) is 0 Å². The van der Waals surface area contributed by atoms with E-state index in [9.17, 15) is 19.7 Å². The van der Waals surface area contributed by atoms with Crippen LogP contribution < -0.4 is 10.6 Å². The van der Waals surface area contributed by atoms with Crippen LogP contribution in [0.15, 0.2) is 83.3 Å². The quantitative estimate of drug-likeness (QED) is 0.243. The molecule has 0 unspecified atom stereocenters. The monoisotopic (exact) mass is 485 g/mol. The van der Waals surface area contributed by atoms with E-state index in [1.807, 2.05) is 18.2 Å². The van der Waals surface area contributed by atoms with Gasteiger partial charge < -0.3 is 9.73 Å². The standard InChI is InChI=1S/C24H15N5O5S/c30-21(26-24-28-27-23(35-24)15-7-11-18(12-8-15)29(32)33)14-5-9-17(10-6-14)25-22(31)20-13-16-3-1-2-4-19(16)34-20/h1-13H,(H,25,31)(H,26,28,30). The highest BCUT2D eigenvalue weighted by Gasteiger charge is 2.15. The summed E-state index contributed by atoms with van der Waals surface area (Å²) in [6.07, 6.45) is 0. The van der Waals surface area contributed by atoms with Crippen LogP contribution in [0.1, 0.15) is 20.9 Å². The van der Waals surface area contributed by atoms with E-state index in [0.717, 1.165) is 16.7 Å². The molecule has 2 heterocycles. The van der Waals surface area contributed by atoms with E-state index in [1.54, 1.807) is 48.5 Å². The van der Waals surface area contributed by atoms with Gasteiger partial charge in [-0.15, -0.1) is 10.2 Å². The first-order valence-corrected chi connectivity index (χ1v) is 11.1. The number of aromatic nitrogens is 2. The van der Waals surface area contributed by atoms with Crippen molar-refractivity contribution in [3.8, 4) is 10.6 Å². The second-order valence-corrected chi connectivity index (χ2v) is 8.33. The number of nitrogens with one attached hydrogen (secondary N) is 2. The zero-order valence-electron chi connectivity index (χ0n) is 17.8. The molecule has 3 aromatic carbocycles. The lowest BCUT2D eigenvalue weighted by molar-refractivity contribution is -0.384. The first-order chi connectivity index (χ1) is 17.0. The van der Waals surface area contributed by atoms with Gasteiger partial charge in [0.25, 0.3) is 17.5 Å². The fraction of sp³-hybridized carbons (Fsp3) is 0. The molecule has 0 aliphatic rings. The van der Waals surface area contributed by atoms with Crippen LogP contribution in [0.4, 0.5) is 16.5 Å². The minimum Gasteiger partial charge on any atom is -0.451 e. The topological polar surface area (TPSA) is 140 Å². The summed E-state index contributed by atoms with van der Waals surface area (Å²) in [6, 6.07) is 21.3. The van der Waals surface area contributed by atoms with E-state index in [2.05, 4.69) is 20.8 Å². The summed E-state index contributed by atoms with van der Waals surface area (Å²) in [4.78, 5) is 35.4. The zero-order chi connectivity index (χ0) is 24.4. The van der Waals surface area contributed by atoms with Gasteiger partial charge in [-0.3, -0.25) is 25.0 Å². The molecule has 0 saturated heterocycles. The van der Waals surface area contributed by atoms with E-state index < -0.39 is 16.7 Å². The maximum absolute atomic E-state index is 12.6. The van der Waals surface area contributed by atoms with Gasteiger partial charge in [0.2, 0.25) is 5.13 Å². The minimum absolute atomic E-state index is 0.0241. The van der Waals surface area contributed by atoms with Gasteiger partial charge in [-0.1, -0.05) is 29.5 Å². The molecule has 10 nitrogen and oxygen atoms in total. The third-order valence-electron chi connectivity index (χ3n) is 5.02. The number of benzene rings is 3. The first-order valence-electron chi connectivity index (χ1n) is 10.3. The molecule has 2 amide bonds. The molecule has 5 rings (SSSR count). The minimum atomic E-state index is -0.481. The summed E-state index contributed by atoms with van der Waals surface area (Å²) >= 11 is 1.14. The molecule has 2 N–H and O–H groups in total. The number of amides is 2. The van der Waals surface area contributed by atoms with E-state index in [-0.39, 0.29) is 16.6 Å². The van der Waals surface area contributed by atoms with Crippen molar-refractivity contribution in [2.24, 2.45) is 0 Å². The Hall–Kier alpha value is -4.90. The number of non-ortho nitro benzene ring substituents is 1. The molecule has 0 bridgehead atoms. The number of nitro benzene ring substituents is 1. The molecular weight excluding hydrogens is 470 g/mol. The highest BCUT2D eigenvalue weighted by Crippen LogP contribution is 2.28. The van der Waals surface area contributed by atoms with Crippen molar-refractivity contribution in [3.63, 3.8) is 0 Å². The van der Waals surface area contributed by atoms with Gasteiger partial charge in [0.1, 0.15) is 10.6 Å². The Bertz CT molecular complexity index is 1520. The van der Waals surface area contributed by atoms with Crippen molar-refractivity contribution in [2.75, 3.05) is 10.6 Å². The maximum atomic E-state index is 12.6. The summed E-state index contributed by atoms with van der Waals surface area (Å²) < 4.78 is 5.56. The number of nitro groups is 1. The van der Waals surface area contributed by atoms with Crippen molar-refractivity contribution in [1.82, 2.24) is 10.2 Å². The maximum Gasteiger partial charge on any atom is 0.291 e. The molecule has 5 aromatic rings. The van der Waals surface area contributed by atoms with Crippen LogP contribution in [-0.2, 0) is 0 Å². The Kier molecular flexibility index (Phi) is 5.73. The predicted molar refractivity (Wildman–Crippen MR) is 131 cm³/mol. The average Bonchev–Trinajstić information content (AvgIpc) is 3.52. The van der Waals surface area contributed by atoms with E-state index in [4.69, 9.17) is 4.42 Å². The number of nitrogens with zero attached hydrogens (tertiary/aromatic N) is 3. The lowest BCUT2D eigenvalue weighted by Gasteiger charge is -2.05. The van der Waals surface area contributed by atoms with Crippen LogP contribution >= 0.6 is 11.3 Å². The van der Waals surface area contributed by atoms with Crippen LogP contribution in [-0.4, -0.2) is 26.9 Å². The summed E-state index contributed by atoms with van der Waals surface area (Å²) in [5.74, 6) is -0.606. The Morgan fingerprint density at radius 3 is 2.34 bits per heavy atom. The number of carbonyl (C=O) groups excluding carboxylic acids is 2. The fourth-order valence-electron chi connectivity index (χ4n) is 3.28. The normalized spacial score (nSPS) is 10.7. The number of para-hydroxylation sites is 1. The second-order valence-electron chi connectivity index (χ2n) is 7.35. The molecular formula is C24H15N5O5S. The van der Waals surface area contributed by atoms with Gasteiger partial charge >= 0.3 is 0 Å². The number of anilines is 2. The van der Waals surface area contributed by atoms with Crippen LogP contribution in [0, 0.1) is 10.1 Å². The van der Waals surface area contributed by atoms with Crippen LogP contribution in [0.3, 0.4) is 0 Å². The third kappa shape index (κ3) is 4.75. The average molecular weight is 485 g/mol. The molecule has 0 aliphatic heterocycles. The molecule has 0 aliphatic carbocycles. The molecule has 0 atom stereocenters. The van der Waals surface area contributed by atoms with Crippen LogP contribution in [0.2, 0.25) is 0 Å². The van der Waals surface area contributed by atoms with Crippen molar-refractivity contribution < 1.29 is 18.9 Å². The van der Waals surface area contributed by atoms with Gasteiger partial charge in [0.05, 0.1) is 4.92 Å². The highest BCUT2D eigenvalue weighted by atomic mass is 32.1. The Labute approximate surface area is 201 Å². The van der Waals surface area contributed by atoms with Gasteiger partial charge in [-0.25, -0.2) is 0 Å². The summed E-state index contributed by atoms with van der Waals surface area (Å²) in [7, 11) is 0. The largest absolute Gasteiger partial charge is 0.451 e. The predicted octanol–water partition coefficient (Wildman–Crippen LogP) is 5.36. The Balaban J connectivity index is 1.22. The van der Waals surface area contributed by atoms with Gasteiger partial charge in [-0.05, 0) is 48.5 Å². The number of furan rings is 1. The van der Waals surface area contributed by atoms with Crippen molar-refractivity contribution in [2.45, 2.75) is 0 Å². The summed E-state index contributed by atoms with van der Waals surface area (Å²) in [5, 5.41) is 25.8. The second kappa shape index (κ2) is 9.15. The van der Waals surface area contributed by atoms with Gasteiger partial charge in [0.15, 0.2) is 5.76 Å². The Morgan fingerprint density at radius 1 is 0.886 bits per heavy atom. The first kappa shape index (κ1) is 21.9. The smallest absolute Gasteiger partial charge is 0.291 e. The molecule has 2 aromatic heterocycles. The molecule has 35 heavy (non-hydrogen) atoms. The number of rotatable bonds is 6. The molecule has 0 saturated carbocycles. The molecule has 11 heteroatoms. The van der Waals surface area contributed by atoms with Gasteiger partial charge in [0, 0.05) is 34.3 Å². The summed E-state index contributed by atoms with van der Waals surface area (Å²) in [6.45, 7) is 0. The number of hydrogen-bond donors (Lipinski definition) is 2. The van der Waals surface area contributed by atoms with Crippen molar-refractivity contribution in [1.29, 1.82) is 0 Å². The lowest BCUT2D eigenvalue weighted by atomic mass is 10.2. The molecule has 0 spiro atoms. The van der Waals surface area contributed by atoms with Crippen molar-refractivity contribution in [3.05, 3.63) is 100 Å². The number of fused-ring (bicyclic) bond motifs is 1. The SMILES string of the molecule is O=C(Nc1nnc(-c2ccc([N+](=O)[O-])cc2)s1)c1ccc(NC(=O)c2cc3ccccc3o2)cc1.